The average molecular weight is 406 g/mol. The van der Waals surface area contributed by atoms with E-state index in [0.29, 0.717) is 31.2 Å². The Labute approximate surface area is 166 Å². The number of piperidine rings is 1. The first kappa shape index (κ1) is 20.7. The fourth-order valence-electron chi connectivity index (χ4n) is 3.27. The number of amides is 2. The molecule has 1 heterocycles. The average Bonchev–Trinajstić information content (AvgIpc) is 2.70. The number of ether oxygens (including phenoxy) is 1. The normalized spacial score (nSPS) is 14.6. The monoisotopic (exact) mass is 406 g/mol. The van der Waals surface area contributed by atoms with Crippen molar-refractivity contribution in [2.24, 2.45) is 5.92 Å². The molecule has 0 spiro atoms. The number of hydrogen-bond acceptors (Lipinski definition) is 3. The van der Waals surface area contributed by atoms with E-state index in [-0.39, 0.29) is 36.2 Å². The Morgan fingerprint density at radius 3 is 2.41 bits per heavy atom. The highest BCUT2D eigenvalue weighted by Crippen LogP contribution is 2.24. The van der Waals surface area contributed by atoms with Gasteiger partial charge in [-0.15, -0.1) is 0 Å². The Hall–Kier alpha value is -3.03. The molecule has 5 nitrogen and oxygen atoms in total. The molecule has 1 aliphatic heterocycles. The molecule has 0 atom stereocenters. The molecule has 0 bridgehead atoms. The summed E-state index contributed by atoms with van der Waals surface area (Å²) in [6.45, 7) is 2.62. The van der Waals surface area contributed by atoms with Crippen LogP contribution in [0.4, 0.5) is 18.9 Å². The smallest absolute Gasteiger partial charge is 0.256 e. The summed E-state index contributed by atoms with van der Waals surface area (Å²) in [4.78, 5) is 26.3. The first-order valence-corrected chi connectivity index (χ1v) is 9.36. The fraction of sp³-hybridized carbons (Fsp3) is 0.333. The molecule has 0 aromatic heterocycles. The van der Waals surface area contributed by atoms with E-state index in [1.54, 1.807) is 13.0 Å². The van der Waals surface area contributed by atoms with Gasteiger partial charge in [-0.25, -0.2) is 13.2 Å². The molecule has 0 saturated carbocycles. The Bertz CT molecular complexity index is 912. The van der Waals surface area contributed by atoms with Crippen molar-refractivity contribution in [1.29, 1.82) is 0 Å². The Kier molecular flexibility index (Phi) is 6.41. The van der Waals surface area contributed by atoms with Crippen LogP contribution < -0.4 is 10.1 Å². The van der Waals surface area contributed by atoms with Crippen LogP contribution in [0.15, 0.2) is 36.4 Å². The standard InChI is InChI=1S/C21H21F3N2O3/c1-2-29-19-6-4-15(12-18(19)24)25-20(27)13-7-9-26(10-8-13)21(28)16-5-3-14(22)11-17(16)23/h3-6,11-13H,2,7-10H2,1H3,(H,25,27). The zero-order chi connectivity index (χ0) is 21.0. The van der Waals surface area contributed by atoms with Crippen molar-refractivity contribution in [2.45, 2.75) is 19.8 Å². The number of carbonyl (C=O) groups is 2. The number of halogens is 3. The van der Waals surface area contributed by atoms with Crippen molar-refractivity contribution in [3.8, 4) is 5.75 Å². The van der Waals surface area contributed by atoms with Gasteiger partial charge in [0.1, 0.15) is 11.6 Å². The molecule has 8 heteroatoms. The lowest BCUT2D eigenvalue weighted by Gasteiger charge is -2.31. The van der Waals surface area contributed by atoms with Crippen LogP contribution in [0, 0.1) is 23.4 Å². The summed E-state index contributed by atoms with van der Waals surface area (Å²) < 4.78 is 45.9. The Morgan fingerprint density at radius 2 is 1.79 bits per heavy atom. The van der Waals surface area contributed by atoms with E-state index >= 15 is 0 Å². The van der Waals surface area contributed by atoms with Crippen molar-refractivity contribution in [3.05, 3.63) is 59.4 Å². The summed E-state index contributed by atoms with van der Waals surface area (Å²) in [5.41, 5.74) is 0.127. The molecule has 1 saturated heterocycles. The summed E-state index contributed by atoms with van der Waals surface area (Å²) in [5.74, 6) is -3.26. The first-order chi connectivity index (χ1) is 13.9. The van der Waals surface area contributed by atoms with Crippen LogP contribution in [-0.2, 0) is 4.79 Å². The van der Waals surface area contributed by atoms with E-state index in [1.165, 1.54) is 17.0 Å². The van der Waals surface area contributed by atoms with Crippen LogP contribution in [0.5, 0.6) is 5.75 Å². The number of rotatable bonds is 5. The molecule has 0 unspecified atom stereocenters. The molecule has 2 amide bonds. The topological polar surface area (TPSA) is 58.6 Å². The van der Waals surface area contributed by atoms with Crippen molar-refractivity contribution in [3.63, 3.8) is 0 Å². The third-order valence-electron chi connectivity index (χ3n) is 4.81. The molecular formula is C21H21F3N2O3. The quantitative estimate of drug-likeness (QED) is 0.817. The maximum atomic E-state index is 13.9. The van der Waals surface area contributed by atoms with Gasteiger partial charge in [-0.05, 0) is 44.0 Å². The number of nitrogens with zero attached hydrogens (tertiary/aromatic N) is 1. The lowest BCUT2D eigenvalue weighted by Crippen LogP contribution is -2.41. The van der Waals surface area contributed by atoms with E-state index < -0.39 is 23.4 Å². The number of anilines is 1. The molecular weight excluding hydrogens is 385 g/mol. The molecule has 2 aromatic rings. The van der Waals surface area contributed by atoms with Crippen molar-refractivity contribution in [2.75, 3.05) is 25.0 Å². The lowest BCUT2D eigenvalue weighted by atomic mass is 9.95. The Balaban J connectivity index is 1.56. The highest BCUT2D eigenvalue weighted by molar-refractivity contribution is 5.95. The van der Waals surface area contributed by atoms with Crippen LogP contribution in [0.1, 0.15) is 30.1 Å². The molecule has 1 fully saturated rings. The van der Waals surface area contributed by atoms with Crippen molar-refractivity contribution >= 4 is 17.5 Å². The molecule has 29 heavy (non-hydrogen) atoms. The van der Waals surface area contributed by atoms with E-state index in [0.717, 1.165) is 12.1 Å². The van der Waals surface area contributed by atoms with Crippen molar-refractivity contribution < 1.29 is 27.5 Å². The van der Waals surface area contributed by atoms with Gasteiger partial charge in [-0.2, -0.15) is 0 Å². The second-order valence-electron chi connectivity index (χ2n) is 6.76. The van der Waals surface area contributed by atoms with Crippen LogP contribution in [0.25, 0.3) is 0 Å². The van der Waals surface area contributed by atoms with Gasteiger partial charge in [0.2, 0.25) is 5.91 Å². The highest BCUT2D eigenvalue weighted by Gasteiger charge is 2.29. The summed E-state index contributed by atoms with van der Waals surface area (Å²) >= 11 is 0. The van der Waals surface area contributed by atoms with Gasteiger partial charge in [-0.1, -0.05) is 0 Å². The van der Waals surface area contributed by atoms with Crippen LogP contribution in [0.2, 0.25) is 0 Å². The largest absolute Gasteiger partial charge is 0.491 e. The zero-order valence-electron chi connectivity index (χ0n) is 15.9. The van der Waals surface area contributed by atoms with E-state index in [4.69, 9.17) is 4.74 Å². The third kappa shape index (κ3) is 4.88. The van der Waals surface area contributed by atoms with E-state index in [9.17, 15) is 22.8 Å². The van der Waals surface area contributed by atoms with Gasteiger partial charge in [0, 0.05) is 36.8 Å². The molecule has 154 valence electrons. The lowest BCUT2D eigenvalue weighted by molar-refractivity contribution is -0.121. The van der Waals surface area contributed by atoms with Crippen molar-refractivity contribution in [1.82, 2.24) is 4.90 Å². The van der Waals surface area contributed by atoms with Gasteiger partial charge >= 0.3 is 0 Å². The molecule has 0 radical (unpaired) electrons. The molecule has 3 rings (SSSR count). The molecule has 0 aliphatic carbocycles. The second kappa shape index (κ2) is 8.98. The minimum Gasteiger partial charge on any atom is -0.491 e. The number of carbonyl (C=O) groups excluding carboxylic acids is 2. The van der Waals surface area contributed by atoms with E-state index in [2.05, 4.69) is 5.32 Å². The fourth-order valence-corrected chi connectivity index (χ4v) is 3.27. The Morgan fingerprint density at radius 1 is 1.07 bits per heavy atom. The van der Waals surface area contributed by atoms with Crippen LogP contribution >= 0.6 is 0 Å². The van der Waals surface area contributed by atoms with Gasteiger partial charge in [-0.3, -0.25) is 9.59 Å². The molecule has 2 aromatic carbocycles. The highest BCUT2D eigenvalue weighted by atomic mass is 19.1. The van der Waals surface area contributed by atoms with E-state index in [1.807, 2.05) is 0 Å². The number of likely N-dealkylation sites (tertiary alicyclic amines) is 1. The van der Waals surface area contributed by atoms with Gasteiger partial charge < -0.3 is 15.0 Å². The third-order valence-corrected chi connectivity index (χ3v) is 4.81. The molecule has 1 aliphatic rings. The van der Waals surface area contributed by atoms with Gasteiger partial charge in [0.25, 0.3) is 5.91 Å². The summed E-state index contributed by atoms with van der Waals surface area (Å²) in [6, 6.07) is 7.02. The maximum Gasteiger partial charge on any atom is 0.256 e. The van der Waals surface area contributed by atoms with Crippen LogP contribution in [-0.4, -0.2) is 36.4 Å². The first-order valence-electron chi connectivity index (χ1n) is 9.36. The molecule has 1 N–H and O–H groups in total. The minimum absolute atomic E-state index is 0.116. The van der Waals surface area contributed by atoms with Crippen LogP contribution in [0.3, 0.4) is 0 Å². The van der Waals surface area contributed by atoms with Gasteiger partial charge in [0.05, 0.1) is 12.2 Å². The maximum absolute atomic E-state index is 13.9. The summed E-state index contributed by atoms with van der Waals surface area (Å²) in [7, 11) is 0. The summed E-state index contributed by atoms with van der Waals surface area (Å²) in [5, 5.41) is 2.67. The zero-order valence-corrected chi connectivity index (χ0v) is 15.9. The SMILES string of the molecule is CCOc1ccc(NC(=O)C2CCN(C(=O)c3ccc(F)cc3F)CC2)cc1F. The van der Waals surface area contributed by atoms with Gasteiger partial charge in [0.15, 0.2) is 11.6 Å². The predicted octanol–water partition coefficient (Wildman–Crippen LogP) is 3.99. The second-order valence-corrected chi connectivity index (χ2v) is 6.76. The number of hydrogen-bond donors (Lipinski definition) is 1. The number of nitrogens with one attached hydrogen (secondary N) is 1. The number of benzene rings is 2. The minimum atomic E-state index is -0.910. The predicted molar refractivity (Wildman–Crippen MR) is 101 cm³/mol. The summed E-state index contributed by atoms with van der Waals surface area (Å²) in [6.07, 6.45) is 0.778.